The highest BCUT2D eigenvalue weighted by molar-refractivity contribution is 5.75. The molecule has 3 amide bonds. The van der Waals surface area contributed by atoms with Crippen LogP contribution in [0.4, 0.5) is 4.79 Å². The van der Waals surface area contributed by atoms with Crippen LogP contribution in [0.25, 0.3) is 0 Å². The van der Waals surface area contributed by atoms with Crippen LogP contribution >= 0.6 is 0 Å². The molecule has 108 valence electrons. The minimum atomic E-state index is -0.0323. The molecule has 1 aromatic rings. The van der Waals surface area contributed by atoms with Crippen LogP contribution in [0.1, 0.15) is 25.3 Å². The molecule has 0 radical (unpaired) electrons. The van der Waals surface area contributed by atoms with Crippen molar-refractivity contribution in [3.8, 4) is 0 Å². The number of nitrogens with zero attached hydrogens (tertiary/aromatic N) is 1. The Balaban J connectivity index is 1.73. The standard InChI is InChI=1S/C15H21N3O2/c1-12(19)17-14-7-9-18(10-8-14)15(20)16-11-13-5-3-2-4-6-13/h2-6,14H,7-11H2,1H3,(H,16,20)(H,17,19). The fraction of sp³-hybridized carbons (Fsp3) is 0.467. The molecule has 20 heavy (non-hydrogen) atoms. The predicted octanol–water partition coefficient (Wildman–Crippen LogP) is 1.50. The lowest BCUT2D eigenvalue weighted by molar-refractivity contribution is -0.119. The van der Waals surface area contributed by atoms with E-state index in [1.807, 2.05) is 30.3 Å². The van der Waals surface area contributed by atoms with E-state index in [-0.39, 0.29) is 18.0 Å². The SMILES string of the molecule is CC(=O)NC1CCN(C(=O)NCc2ccccc2)CC1. The molecule has 1 fully saturated rings. The average Bonchev–Trinajstić information content (AvgIpc) is 2.46. The highest BCUT2D eigenvalue weighted by atomic mass is 16.2. The highest BCUT2D eigenvalue weighted by Crippen LogP contribution is 2.10. The van der Waals surface area contributed by atoms with E-state index in [9.17, 15) is 9.59 Å². The average molecular weight is 275 g/mol. The maximum atomic E-state index is 12.0. The van der Waals surface area contributed by atoms with Crippen molar-refractivity contribution in [2.45, 2.75) is 32.4 Å². The smallest absolute Gasteiger partial charge is 0.317 e. The van der Waals surface area contributed by atoms with Crippen LogP contribution < -0.4 is 10.6 Å². The third-order valence-corrected chi connectivity index (χ3v) is 3.48. The van der Waals surface area contributed by atoms with Crippen molar-refractivity contribution < 1.29 is 9.59 Å². The predicted molar refractivity (Wildman–Crippen MR) is 77.1 cm³/mol. The lowest BCUT2D eigenvalue weighted by Gasteiger charge is -2.32. The topological polar surface area (TPSA) is 61.4 Å². The van der Waals surface area contributed by atoms with Crippen molar-refractivity contribution >= 4 is 11.9 Å². The van der Waals surface area contributed by atoms with Crippen LogP contribution in [-0.2, 0) is 11.3 Å². The van der Waals surface area contributed by atoms with Gasteiger partial charge in [0.05, 0.1) is 0 Å². The van der Waals surface area contributed by atoms with Crippen LogP contribution in [0.3, 0.4) is 0 Å². The van der Waals surface area contributed by atoms with Gasteiger partial charge in [0, 0.05) is 32.6 Å². The summed E-state index contributed by atoms with van der Waals surface area (Å²) in [6.45, 7) is 3.45. The number of hydrogen-bond acceptors (Lipinski definition) is 2. The summed E-state index contributed by atoms with van der Waals surface area (Å²) >= 11 is 0. The van der Waals surface area contributed by atoms with Gasteiger partial charge in [0.2, 0.25) is 5.91 Å². The Bertz CT molecular complexity index is 453. The highest BCUT2D eigenvalue weighted by Gasteiger charge is 2.22. The minimum absolute atomic E-state index is 0.00280. The van der Waals surface area contributed by atoms with Crippen LogP contribution in [0.15, 0.2) is 30.3 Å². The maximum absolute atomic E-state index is 12.0. The van der Waals surface area contributed by atoms with E-state index in [4.69, 9.17) is 0 Å². The van der Waals surface area contributed by atoms with Gasteiger partial charge < -0.3 is 15.5 Å². The number of carbonyl (C=O) groups is 2. The number of carbonyl (C=O) groups excluding carboxylic acids is 2. The van der Waals surface area contributed by atoms with E-state index in [0.29, 0.717) is 19.6 Å². The summed E-state index contributed by atoms with van der Waals surface area (Å²) in [7, 11) is 0. The molecule has 1 saturated heterocycles. The molecule has 0 saturated carbocycles. The molecule has 1 heterocycles. The summed E-state index contributed by atoms with van der Waals surface area (Å²) in [5, 5.41) is 5.83. The van der Waals surface area contributed by atoms with Crippen LogP contribution in [0.2, 0.25) is 0 Å². The molecule has 2 N–H and O–H groups in total. The summed E-state index contributed by atoms with van der Waals surface area (Å²) < 4.78 is 0. The van der Waals surface area contributed by atoms with Crippen LogP contribution in [-0.4, -0.2) is 36.0 Å². The van der Waals surface area contributed by atoms with Gasteiger partial charge in [-0.3, -0.25) is 4.79 Å². The minimum Gasteiger partial charge on any atom is -0.353 e. The second kappa shape index (κ2) is 6.93. The zero-order valence-corrected chi connectivity index (χ0v) is 11.8. The first kappa shape index (κ1) is 14.4. The van der Waals surface area contributed by atoms with Gasteiger partial charge in [0.1, 0.15) is 0 Å². The van der Waals surface area contributed by atoms with E-state index in [0.717, 1.165) is 18.4 Å². The van der Waals surface area contributed by atoms with Gasteiger partial charge in [-0.1, -0.05) is 30.3 Å². The quantitative estimate of drug-likeness (QED) is 0.878. The van der Waals surface area contributed by atoms with Crippen molar-refractivity contribution in [1.29, 1.82) is 0 Å². The summed E-state index contributed by atoms with van der Waals surface area (Å²) in [6.07, 6.45) is 1.64. The molecule has 0 aromatic heterocycles. The third-order valence-electron chi connectivity index (χ3n) is 3.48. The molecule has 0 aliphatic carbocycles. The monoisotopic (exact) mass is 275 g/mol. The normalized spacial score (nSPS) is 15.8. The molecular formula is C15H21N3O2. The molecule has 1 aliphatic rings. The Morgan fingerprint density at radius 1 is 1.20 bits per heavy atom. The van der Waals surface area contributed by atoms with Gasteiger partial charge >= 0.3 is 6.03 Å². The second-order valence-corrected chi connectivity index (χ2v) is 5.11. The van der Waals surface area contributed by atoms with Gasteiger partial charge in [0.25, 0.3) is 0 Å². The molecule has 0 spiro atoms. The Morgan fingerprint density at radius 2 is 1.85 bits per heavy atom. The zero-order chi connectivity index (χ0) is 14.4. The Labute approximate surface area is 119 Å². The first-order valence-electron chi connectivity index (χ1n) is 6.99. The van der Waals surface area contributed by atoms with Gasteiger partial charge in [-0.2, -0.15) is 0 Å². The first-order valence-corrected chi connectivity index (χ1v) is 6.99. The molecular weight excluding hydrogens is 254 g/mol. The Hall–Kier alpha value is -2.04. The first-order chi connectivity index (χ1) is 9.65. The number of hydrogen-bond donors (Lipinski definition) is 2. The number of urea groups is 1. The summed E-state index contributed by atoms with van der Waals surface area (Å²) in [6, 6.07) is 10.0. The molecule has 2 rings (SSSR count). The number of piperidine rings is 1. The van der Waals surface area contributed by atoms with Crippen molar-refractivity contribution in [2.75, 3.05) is 13.1 Å². The van der Waals surface area contributed by atoms with Gasteiger partial charge in [0.15, 0.2) is 0 Å². The summed E-state index contributed by atoms with van der Waals surface area (Å²) in [5.41, 5.74) is 1.09. The van der Waals surface area contributed by atoms with Crippen molar-refractivity contribution in [1.82, 2.24) is 15.5 Å². The lowest BCUT2D eigenvalue weighted by atomic mass is 10.1. The van der Waals surface area contributed by atoms with E-state index in [1.54, 1.807) is 4.90 Å². The fourth-order valence-electron chi connectivity index (χ4n) is 2.40. The Morgan fingerprint density at radius 3 is 2.45 bits per heavy atom. The van der Waals surface area contributed by atoms with Crippen molar-refractivity contribution in [3.63, 3.8) is 0 Å². The number of benzene rings is 1. The summed E-state index contributed by atoms with van der Waals surface area (Å²) in [4.78, 5) is 24.8. The van der Waals surface area contributed by atoms with Crippen molar-refractivity contribution in [3.05, 3.63) is 35.9 Å². The van der Waals surface area contributed by atoms with Gasteiger partial charge in [-0.15, -0.1) is 0 Å². The number of rotatable bonds is 3. The molecule has 1 aromatic carbocycles. The molecule has 5 heteroatoms. The van der Waals surface area contributed by atoms with Crippen molar-refractivity contribution in [2.24, 2.45) is 0 Å². The van der Waals surface area contributed by atoms with Gasteiger partial charge in [-0.05, 0) is 18.4 Å². The van der Waals surface area contributed by atoms with E-state index < -0.39 is 0 Å². The largest absolute Gasteiger partial charge is 0.353 e. The second-order valence-electron chi connectivity index (χ2n) is 5.11. The maximum Gasteiger partial charge on any atom is 0.317 e. The molecule has 5 nitrogen and oxygen atoms in total. The molecule has 0 unspecified atom stereocenters. The number of nitrogens with one attached hydrogen (secondary N) is 2. The zero-order valence-electron chi connectivity index (χ0n) is 11.8. The molecule has 1 aliphatic heterocycles. The summed E-state index contributed by atoms with van der Waals surface area (Å²) in [5.74, 6) is -0.00280. The Kier molecular flexibility index (Phi) is 4.98. The fourth-order valence-corrected chi connectivity index (χ4v) is 2.40. The third kappa shape index (κ3) is 4.26. The van der Waals surface area contributed by atoms with Crippen LogP contribution in [0, 0.1) is 0 Å². The van der Waals surface area contributed by atoms with E-state index >= 15 is 0 Å². The van der Waals surface area contributed by atoms with Crippen LogP contribution in [0.5, 0.6) is 0 Å². The van der Waals surface area contributed by atoms with Gasteiger partial charge in [-0.25, -0.2) is 4.79 Å². The molecule has 0 bridgehead atoms. The lowest BCUT2D eigenvalue weighted by Crippen LogP contribution is -2.49. The van der Waals surface area contributed by atoms with E-state index in [1.165, 1.54) is 6.92 Å². The number of amides is 3. The molecule has 0 atom stereocenters. The van der Waals surface area contributed by atoms with E-state index in [2.05, 4.69) is 10.6 Å². The number of likely N-dealkylation sites (tertiary alicyclic amines) is 1.